The number of benzene rings is 2. The molecule has 1 aliphatic heterocycles. The summed E-state index contributed by atoms with van der Waals surface area (Å²) in [6, 6.07) is 18.0. The summed E-state index contributed by atoms with van der Waals surface area (Å²) >= 11 is 0. The summed E-state index contributed by atoms with van der Waals surface area (Å²) in [5, 5.41) is 30.0. The van der Waals surface area contributed by atoms with E-state index in [2.05, 4.69) is 31.3 Å². The van der Waals surface area contributed by atoms with Gasteiger partial charge in [-0.05, 0) is 31.9 Å². The quantitative estimate of drug-likeness (QED) is 0.570. The first-order valence-electron chi connectivity index (χ1n) is 9.47. The van der Waals surface area contributed by atoms with Crippen LogP contribution >= 0.6 is 0 Å². The molecule has 0 spiro atoms. The molecule has 0 bridgehead atoms. The van der Waals surface area contributed by atoms with Gasteiger partial charge in [0.15, 0.2) is 0 Å². The topological polar surface area (TPSA) is 116 Å². The van der Waals surface area contributed by atoms with E-state index in [0.29, 0.717) is 18.8 Å². The average Bonchev–Trinajstić information content (AvgIpc) is 2.71. The van der Waals surface area contributed by atoms with Crippen LogP contribution in [0.2, 0.25) is 0 Å². The van der Waals surface area contributed by atoms with E-state index in [-0.39, 0.29) is 11.6 Å². The monoisotopic (exact) mass is 413 g/mol. The Labute approximate surface area is 175 Å². The molecule has 1 fully saturated rings. The first-order chi connectivity index (χ1) is 14.0. The van der Waals surface area contributed by atoms with Crippen LogP contribution < -0.4 is 5.32 Å². The zero-order valence-corrected chi connectivity index (χ0v) is 17.2. The van der Waals surface area contributed by atoms with Gasteiger partial charge in [-0.1, -0.05) is 54.6 Å². The van der Waals surface area contributed by atoms with Crippen molar-refractivity contribution in [2.24, 2.45) is 0 Å². The summed E-state index contributed by atoms with van der Waals surface area (Å²) in [6.45, 7) is 6.56. The van der Waals surface area contributed by atoms with E-state index >= 15 is 0 Å². The standard InChI is InChI=1S/C19H23NO2.C4H4O4/c1-14-19(21,22-13-18(2,3)20-14)17-11-9-16(10-12-17)15-7-5-4-6-8-15;5-3(6)1-2-4(7)8/h4-12,14,20-21H,13H2,1-3H3;1-2H,(H,5,6)(H,7,8)/b;2-1+/t14-,19+;/m0./s1. The molecule has 1 heterocycles. The fourth-order valence-corrected chi connectivity index (χ4v) is 3.15. The van der Waals surface area contributed by atoms with Crippen molar-refractivity contribution in [3.8, 4) is 11.1 Å². The van der Waals surface area contributed by atoms with Crippen molar-refractivity contribution < 1.29 is 29.6 Å². The van der Waals surface area contributed by atoms with E-state index in [4.69, 9.17) is 14.9 Å². The van der Waals surface area contributed by atoms with Gasteiger partial charge in [0.05, 0.1) is 12.6 Å². The van der Waals surface area contributed by atoms with Crippen molar-refractivity contribution in [1.82, 2.24) is 5.32 Å². The smallest absolute Gasteiger partial charge is 0.328 e. The molecule has 0 aliphatic carbocycles. The van der Waals surface area contributed by atoms with Crippen LogP contribution in [0.25, 0.3) is 11.1 Å². The van der Waals surface area contributed by atoms with Crippen molar-refractivity contribution >= 4 is 11.9 Å². The minimum absolute atomic E-state index is 0.129. The molecule has 7 nitrogen and oxygen atoms in total. The van der Waals surface area contributed by atoms with Gasteiger partial charge in [0.2, 0.25) is 5.79 Å². The predicted octanol–water partition coefficient (Wildman–Crippen LogP) is 3.00. The molecule has 160 valence electrons. The van der Waals surface area contributed by atoms with Crippen molar-refractivity contribution in [3.63, 3.8) is 0 Å². The van der Waals surface area contributed by atoms with Crippen molar-refractivity contribution in [2.75, 3.05) is 6.61 Å². The molecule has 1 saturated heterocycles. The first-order valence-corrected chi connectivity index (χ1v) is 9.47. The molecule has 7 heteroatoms. The number of hydrogen-bond donors (Lipinski definition) is 4. The molecule has 0 amide bonds. The molecule has 3 rings (SSSR count). The number of aliphatic carboxylic acids is 2. The number of morpholine rings is 1. The fourth-order valence-electron chi connectivity index (χ4n) is 3.15. The van der Waals surface area contributed by atoms with Crippen LogP contribution in [0.3, 0.4) is 0 Å². The van der Waals surface area contributed by atoms with Crippen LogP contribution in [0.5, 0.6) is 0 Å². The molecule has 0 radical (unpaired) electrons. The third kappa shape index (κ3) is 6.25. The van der Waals surface area contributed by atoms with E-state index in [9.17, 15) is 14.7 Å². The molecule has 0 saturated carbocycles. The minimum atomic E-state index is -1.29. The van der Waals surface area contributed by atoms with Gasteiger partial charge >= 0.3 is 11.9 Å². The Hall–Kier alpha value is -3.00. The molecular formula is C23H27NO6. The van der Waals surface area contributed by atoms with Crippen molar-refractivity contribution in [1.29, 1.82) is 0 Å². The second-order valence-corrected chi connectivity index (χ2v) is 7.69. The van der Waals surface area contributed by atoms with Crippen LogP contribution in [-0.4, -0.2) is 45.4 Å². The fraction of sp³-hybridized carbons (Fsp3) is 0.304. The highest BCUT2D eigenvalue weighted by Crippen LogP contribution is 2.33. The highest BCUT2D eigenvalue weighted by Gasteiger charge is 2.44. The van der Waals surface area contributed by atoms with Crippen LogP contribution in [0.4, 0.5) is 0 Å². The number of nitrogens with one attached hydrogen (secondary N) is 1. The normalized spacial score (nSPS) is 22.7. The summed E-state index contributed by atoms with van der Waals surface area (Å²) in [7, 11) is 0. The van der Waals surface area contributed by atoms with Crippen LogP contribution in [-0.2, 0) is 20.1 Å². The third-order valence-electron chi connectivity index (χ3n) is 4.62. The zero-order valence-electron chi connectivity index (χ0n) is 17.2. The maximum atomic E-state index is 10.9. The molecule has 0 unspecified atom stereocenters. The zero-order chi connectivity index (χ0) is 22.4. The summed E-state index contributed by atoms with van der Waals surface area (Å²) in [6.07, 6.45) is 1.12. The minimum Gasteiger partial charge on any atom is -0.478 e. The molecular weight excluding hydrogens is 386 g/mol. The lowest BCUT2D eigenvalue weighted by molar-refractivity contribution is -0.263. The largest absolute Gasteiger partial charge is 0.478 e. The number of carbonyl (C=O) groups is 2. The molecule has 2 aromatic carbocycles. The van der Waals surface area contributed by atoms with Crippen LogP contribution in [0.1, 0.15) is 26.3 Å². The highest BCUT2D eigenvalue weighted by atomic mass is 16.6. The molecule has 1 aliphatic rings. The summed E-state index contributed by atoms with van der Waals surface area (Å²) < 4.78 is 5.82. The number of ether oxygens (including phenoxy) is 1. The Kier molecular flexibility index (Phi) is 7.50. The lowest BCUT2D eigenvalue weighted by Crippen LogP contribution is -2.63. The molecule has 2 atom stereocenters. The second kappa shape index (κ2) is 9.67. The summed E-state index contributed by atoms with van der Waals surface area (Å²) in [5.74, 6) is -3.80. The maximum Gasteiger partial charge on any atom is 0.328 e. The van der Waals surface area contributed by atoms with E-state index in [1.54, 1.807) is 0 Å². The molecule has 2 aromatic rings. The molecule has 4 N–H and O–H groups in total. The van der Waals surface area contributed by atoms with E-state index in [1.165, 1.54) is 0 Å². The maximum absolute atomic E-state index is 10.9. The van der Waals surface area contributed by atoms with Gasteiger partial charge in [-0.25, -0.2) is 9.59 Å². The Bertz CT molecular complexity index is 876. The summed E-state index contributed by atoms with van der Waals surface area (Å²) in [5.41, 5.74) is 2.95. The van der Waals surface area contributed by atoms with Gasteiger partial charge in [-0.3, -0.25) is 0 Å². The third-order valence-corrected chi connectivity index (χ3v) is 4.62. The lowest BCUT2D eigenvalue weighted by Gasteiger charge is -2.46. The number of rotatable bonds is 4. The van der Waals surface area contributed by atoms with E-state index in [0.717, 1.165) is 16.7 Å². The van der Waals surface area contributed by atoms with Gasteiger partial charge in [-0.15, -0.1) is 0 Å². The Morgan fingerprint density at radius 1 is 0.967 bits per heavy atom. The Morgan fingerprint density at radius 3 is 1.93 bits per heavy atom. The van der Waals surface area contributed by atoms with Crippen LogP contribution in [0, 0.1) is 0 Å². The SMILES string of the molecule is C[C@@H]1NC(C)(C)CO[C@@]1(O)c1ccc(-c2ccccc2)cc1.O=C(O)/C=C/C(=O)O. The van der Waals surface area contributed by atoms with E-state index < -0.39 is 17.7 Å². The summed E-state index contributed by atoms with van der Waals surface area (Å²) in [4.78, 5) is 19.1. The number of carboxylic acid groups (broad SMARTS) is 2. The second-order valence-electron chi connectivity index (χ2n) is 7.69. The van der Waals surface area contributed by atoms with Gasteiger partial charge in [0.1, 0.15) is 0 Å². The molecule has 30 heavy (non-hydrogen) atoms. The number of carboxylic acids is 2. The van der Waals surface area contributed by atoms with Gasteiger partial charge < -0.3 is 25.4 Å². The molecule has 0 aromatic heterocycles. The van der Waals surface area contributed by atoms with Crippen molar-refractivity contribution in [2.45, 2.75) is 38.1 Å². The first kappa shape index (κ1) is 23.3. The van der Waals surface area contributed by atoms with E-state index in [1.807, 2.05) is 49.4 Å². The van der Waals surface area contributed by atoms with Gasteiger partial charge in [0.25, 0.3) is 0 Å². The highest BCUT2D eigenvalue weighted by molar-refractivity contribution is 5.89. The Morgan fingerprint density at radius 2 is 1.47 bits per heavy atom. The number of aliphatic hydroxyl groups is 1. The average molecular weight is 413 g/mol. The Balaban J connectivity index is 0.000000343. The van der Waals surface area contributed by atoms with Crippen LogP contribution in [0.15, 0.2) is 66.7 Å². The number of hydrogen-bond acceptors (Lipinski definition) is 5. The van der Waals surface area contributed by atoms with Crippen molar-refractivity contribution in [3.05, 3.63) is 72.3 Å². The lowest BCUT2D eigenvalue weighted by atomic mass is 9.91. The predicted molar refractivity (Wildman–Crippen MR) is 113 cm³/mol. The van der Waals surface area contributed by atoms with Gasteiger partial charge in [-0.2, -0.15) is 0 Å². The van der Waals surface area contributed by atoms with Gasteiger partial charge in [0, 0.05) is 23.3 Å².